The van der Waals surface area contributed by atoms with Crippen LogP contribution in [0, 0.1) is 5.41 Å². The lowest BCUT2D eigenvalue weighted by Gasteiger charge is -2.32. The molecule has 0 bridgehead atoms. The molecule has 2 atom stereocenters. The fourth-order valence-corrected chi connectivity index (χ4v) is 6.53. The van der Waals surface area contributed by atoms with E-state index in [1.165, 1.54) is 0 Å². The Morgan fingerprint density at radius 1 is 0.822 bits per heavy atom. The third kappa shape index (κ3) is 7.98. The predicted octanol–water partition coefficient (Wildman–Crippen LogP) is 5.63. The quantitative estimate of drug-likeness (QED) is 0.267. The largest absolute Gasteiger partial charge is 0.464 e. The van der Waals surface area contributed by atoms with Gasteiger partial charge in [-0.3, -0.25) is 14.4 Å². The standard InChI is InChI=1S/C37H42N2O6/c1-2-44-35(42)32-16-11-23-39(32)34(41)31(24-27-17-19-30(20-18-27)29-14-7-4-8-15-29)38-36(43)37(21-9-10-22-37)25-33(40)45-26-28-12-5-3-6-13-28/h3-8,12-15,17-20,31-32H,2,9-11,16,21-26H2,1H3,(H,38,43)/t31-,32-/m0/s1. The number of esters is 2. The van der Waals surface area contributed by atoms with Crippen LogP contribution in [0.1, 0.15) is 63.0 Å². The molecule has 0 radical (unpaired) electrons. The molecule has 1 N–H and O–H groups in total. The number of nitrogens with zero attached hydrogens (tertiary/aromatic N) is 1. The molecule has 0 unspecified atom stereocenters. The molecular formula is C37H42N2O6. The molecule has 3 aromatic carbocycles. The molecule has 1 saturated carbocycles. The Kier molecular flexibility index (Phi) is 10.7. The molecule has 3 aromatic rings. The first-order valence-corrected chi connectivity index (χ1v) is 16.0. The number of ether oxygens (including phenoxy) is 2. The lowest BCUT2D eigenvalue weighted by molar-refractivity contribution is -0.155. The summed E-state index contributed by atoms with van der Waals surface area (Å²) in [5.74, 6) is -1.49. The van der Waals surface area contributed by atoms with E-state index >= 15 is 0 Å². The molecule has 1 aliphatic heterocycles. The molecule has 1 aliphatic carbocycles. The van der Waals surface area contributed by atoms with Gasteiger partial charge in [0.2, 0.25) is 11.8 Å². The molecule has 1 heterocycles. The summed E-state index contributed by atoms with van der Waals surface area (Å²) in [7, 11) is 0. The maximum atomic E-state index is 14.1. The molecule has 0 spiro atoms. The van der Waals surface area contributed by atoms with Crippen LogP contribution in [-0.2, 0) is 41.7 Å². The number of carbonyl (C=O) groups excluding carboxylic acids is 4. The number of nitrogens with one attached hydrogen (secondary N) is 1. The van der Waals surface area contributed by atoms with Crippen LogP contribution in [-0.4, -0.2) is 53.9 Å². The third-order valence-corrected chi connectivity index (χ3v) is 8.97. The van der Waals surface area contributed by atoms with Crippen molar-refractivity contribution < 1.29 is 28.7 Å². The summed E-state index contributed by atoms with van der Waals surface area (Å²) in [4.78, 5) is 55.5. The van der Waals surface area contributed by atoms with Crippen molar-refractivity contribution in [1.82, 2.24) is 10.2 Å². The lowest BCUT2D eigenvalue weighted by Crippen LogP contribution is -2.55. The second-order valence-electron chi connectivity index (χ2n) is 12.0. The van der Waals surface area contributed by atoms with E-state index in [0.717, 1.165) is 35.1 Å². The first-order valence-electron chi connectivity index (χ1n) is 16.0. The molecule has 8 nitrogen and oxygen atoms in total. The minimum atomic E-state index is -0.949. The highest BCUT2D eigenvalue weighted by Crippen LogP contribution is 2.42. The van der Waals surface area contributed by atoms with Crippen molar-refractivity contribution in [3.05, 3.63) is 96.1 Å². The second-order valence-corrected chi connectivity index (χ2v) is 12.0. The monoisotopic (exact) mass is 610 g/mol. The van der Waals surface area contributed by atoms with E-state index < -0.39 is 29.4 Å². The molecule has 1 saturated heterocycles. The van der Waals surface area contributed by atoms with Gasteiger partial charge >= 0.3 is 11.9 Å². The van der Waals surface area contributed by atoms with E-state index in [0.29, 0.717) is 32.2 Å². The maximum Gasteiger partial charge on any atom is 0.328 e. The summed E-state index contributed by atoms with van der Waals surface area (Å²) in [6, 6.07) is 25.8. The van der Waals surface area contributed by atoms with E-state index in [9.17, 15) is 19.2 Å². The number of hydrogen-bond donors (Lipinski definition) is 1. The van der Waals surface area contributed by atoms with Gasteiger partial charge in [-0.2, -0.15) is 0 Å². The van der Waals surface area contributed by atoms with Crippen molar-refractivity contribution in [3.8, 4) is 11.1 Å². The van der Waals surface area contributed by atoms with E-state index in [2.05, 4.69) is 5.32 Å². The van der Waals surface area contributed by atoms with Crippen molar-refractivity contribution in [2.45, 2.75) is 77.0 Å². The Bertz CT molecular complexity index is 1450. The first kappa shape index (κ1) is 31.9. The highest BCUT2D eigenvalue weighted by Gasteiger charge is 2.46. The van der Waals surface area contributed by atoms with Crippen LogP contribution in [0.3, 0.4) is 0 Å². The summed E-state index contributed by atoms with van der Waals surface area (Å²) in [5.41, 5.74) is 2.94. The Balaban J connectivity index is 1.34. The zero-order valence-corrected chi connectivity index (χ0v) is 25.9. The van der Waals surface area contributed by atoms with Gasteiger partial charge in [-0.05, 0) is 54.9 Å². The summed E-state index contributed by atoms with van der Waals surface area (Å²) < 4.78 is 10.8. The SMILES string of the molecule is CCOC(=O)[C@@H]1CCCN1C(=O)[C@H](Cc1ccc(-c2ccccc2)cc1)NC(=O)C1(CC(=O)OCc2ccccc2)CCCC1. The van der Waals surface area contributed by atoms with Crippen LogP contribution in [0.4, 0.5) is 0 Å². The first-order chi connectivity index (χ1) is 21.9. The van der Waals surface area contributed by atoms with Crippen molar-refractivity contribution in [1.29, 1.82) is 0 Å². The average Bonchev–Trinajstić information content (AvgIpc) is 3.76. The maximum absolute atomic E-state index is 14.1. The van der Waals surface area contributed by atoms with Crippen LogP contribution >= 0.6 is 0 Å². The van der Waals surface area contributed by atoms with Gasteiger partial charge in [-0.15, -0.1) is 0 Å². The van der Waals surface area contributed by atoms with E-state index in [1.807, 2.05) is 84.9 Å². The molecule has 8 heteroatoms. The third-order valence-electron chi connectivity index (χ3n) is 8.97. The van der Waals surface area contributed by atoms with Crippen molar-refractivity contribution in [2.24, 2.45) is 5.41 Å². The number of likely N-dealkylation sites (tertiary alicyclic amines) is 1. The van der Waals surface area contributed by atoms with Crippen LogP contribution in [0.2, 0.25) is 0 Å². The normalized spacial score (nSPS) is 17.8. The number of carbonyl (C=O) groups is 4. The Morgan fingerprint density at radius 2 is 1.47 bits per heavy atom. The molecule has 2 aliphatic rings. The zero-order valence-electron chi connectivity index (χ0n) is 25.9. The van der Waals surface area contributed by atoms with Gasteiger partial charge in [-0.1, -0.05) is 97.8 Å². The predicted molar refractivity (Wildman–Crippen MR) is 171 cm³/mol. The number of hydrogen-bond acceptors (Lipinski definition) is 6. The minimum absolute atomic E-state index is 0.0481. The van der Waals surface area contributed by atoms with Crippen molar-refractivity contribution in [2.75, 3.05) is 13.2 Å². The van der Waals surface area contributed by atoms with Gasteiger partial charge in [0.05, 0.1) is 18.4 Å². The fourth-order valence-electron chi connectivity index (χ4n) is 6.53. The van der Waals surface area contributed by atoms with Crippen LogP contribution < -0.4 is 5.32 Å². The minimum Gasteiger partial charge on any atom is -0.464 e. The van der Waals surface area contributed by atoms with Crippen molar-refractivity contribution >= 4 is 23.8 Å². The van der Waals surface area contributed by atoms with Crippen LogP contribution in [0.5, 0.6) is 0 Å². The lowest BCUT2D eigenvalue weighted by atomic mass is 9.81. The summed E-state index contributed by atoms with van der Waals surface area (Å²) in [6.45, 7) is 2.53. The van der Waals surface area contributed by atoms with Gasteiger partial charge in [0, 0.05) is 13.0 Å². The van der Waals surface area contributed by atoms with Gasteiger partial charge in [0.25, 0.3) is 0 Å². The van der Waals surface area contributed by atoms with Gasteiger partial charge in [0.1, 0.15) is 18.7 Å². The highest BCUT2D eigenvalue weighted by molar-refractivity contribution is 5.94. The number of benzene rings is 3. The Morgan fingerprint density at radius 3 is 2.13 bits per heavy atom. The molecule has 5 rings (SSSR count). The smallest absolute Gasteiger partial charge is 0.328 e. The Hall–Kier alpha value is -4.46. The van der Waals surface area contributed by atoms with E-state index in [1.54, 1.807) is 11.8 Å². The summed E-state index contributed by atoms with van der Waals surface area (Å²) in [5, 5.41) is 3.05. The topological polar surface area (TPSA) is 102 Å². The van der Waals surface area contributed by atoms with E-state index in [-0.39, 0.29) is 37.9 Å². The summed E-state index contributed by atoms with van der Waals surface area (Å²) in [6.07, 6.45) is 4.12. The van der Waals surface area contributed by atoms with Crippen LogP contribution in [0.15, 0.2) is 84.9 Å². The molecular weight excluding hydrogens is 568 g/mol. The zero-order chi connectivity index (χ0) is 31.6. The molecule has 0 aromatic heterocycles. The van der Waals surface area contributed by atoms with Gasteiger partial charge < -0.3 is 19.7 Å². The average molecular weight is 611 g/mol. The molecule has 236 valence electrons. The summed E-state index contributed by atoms with van der Waals surface area (Å²) >= 11 is 0. The number of amides is 2. The van der Waals surface area contributed by atoms with Crippen LogP contribution in [0.25, 0.3) is 11.1 Å². The highest BCUT2D eigenvalue weighted by atomic mass is 16.5. The van der Waals surface area contributed by atoms with E-state index in [4.69, 9.17) is 9.47 Å². The molecule has 2 fully saturated rings. The van der Waals surface area contributed by atoms with Crippen molar-refractivity contribution in [3.63, 3.8) is 0 Å². The number of rotatable bonds is 12. The Labute approximate surface area is 265 Å². The van der Waals surface area contributed by atoms with Gasteiger partial charge in [-0.25, -0.2) is 4.79 Å². The second kappa shape index (κ2) is 15.0. The molecule has 45 heavy (non-hydrogen) atoms. The van der Waals surface area contributed by atoms with Gasteiger partial charge in [0.15, 0.2) is 0 Å². The fraction of sp³-hybridized carbons (Fsp3) is 0.405. The molecule has 2 amide bonds.